The molecule has 1 aromatic carbocycles. The number of carboxylic acids is 3. The molecule has 0 saturated carbocycles. The zero-order chi connectivity index (χ0) is 33.2. The molecular weight excluding hydrogens is 740 g/mol. The van der Waals surface area contributed by atoms with Crippen molar-refractivity contribution in [2.75, 3.05) is 78.5 Å². The summed E-state index contributed by atoms with van der Waals surface area (Å²) in [5.41, 5.74) is 2.00. The molecule has 0 bridgehead atoms. The maximum absolute atomic E-state index is 13.0. The maximum Gasteiger partial charge on any atom is 3.00 e. The number of nitrogens with zero attached hydrogens (tertiary/aromatic N) is 4. The molecule has 13 nitrogen and oxygen atoms in total. The summed E-state index contributed by atoms with van der Waals surface area (Å²) in [6.07, 6.45) is 9.14. The zero-order valence-electron chi connectivity index (χ0n) is 26.4. The average Bonchev–Trinajstić information content (AvgIpc) is 2.98. The van der Waals surface area contributed by atoms with Gasteiger partial charge in [-0.05, 0) is 43.9 Å². The molecule has 0 spiro atoms. The van der Waals surface area contributed by atoms with Crippen molar-refractivity contribution in [2.24, 2.45) is 0 Å². The van der Waals surface area contributed by atoms with E-state index in [0.717, 1.165) is 30.4 Å². The van der Waals surface area contributed by atoms with E-state index in [1.54, 1.807) is 26.5 Å². The predicted octanol–water partition coefficient (Wildman–Crippen LogP) is -3.68. The van der Waals surface area contributed by atoms with Gasteiger partial charge in [0.15, 0.2) is 5.78 Å². The minimum Gasteiger partial charge on any atom is -0.549 e. The second-order valence-electron chi connectivity index (χ2n) is 11.3. The first-order valence-corrected chi connectivity index (χ1v) is 15.3. The molecule has 1 fully saturated rings. The molecule has 1 radical (unpaired) electrons. The number of rotatable bonds is 16. The Bertz CT molecular complexity index is 1160. The largest absolute Gasteiger partial charge is 3.00 e. The van der Waals surface area contributed by atoms with Gasteiger partial charge in [-0.2, -0.15) is 0 Å². The molecule has 1 heterocycles. The number of terminal acetylenes is 1. The minimum atomic E-state index is -1.30. The summed E-state index contributed by atoms with van der Waals surface area (Å²) in [6.45, 7) is 2.25. The van der Waals surface area contributed by atoms with Crippen molar-refractivity contribution >= 4 is 29.6 Å². The Hall–Kier alpha value is -2.51. The first kappa shape index (κ1) is 41.5. The number of unbranched alkanes of at least 4 members (excludes halogenated alkanes) is 2. The van der Waals surface area contributed by atoms with E-state index < -0.39 is 23.9 Å². The number of nitrogens with one attached hydrogen (secondary N) is 1. The summed E-state index contributed by atoms with van der Waals surface area (Å²) in [4.78, 5) is 66.0. The van der Waals surface area contributed by atoms with Crippen LogP contribution >= 0.6 is 0 Å². The quantitative estimate of drug-likeness (QED) is 0.129. The Kier molecular flexibility index (Phi) is 20.7. The van der Waals surface area contributed by atoms with Crippen LogP contribution in [0.3, 0.4) is 0 Å². The van der Waals surface area contributed by atoms with Crippen LogP contribution in [0.15, 0.2) is 24.3 Å². The van der Waals surface area contributed by atoms with Crippen molar-refractivity contribution in [3.8, 4) is 12.3 Å². The monoisotopic (exact) mass is 784 g/mol. The Morgan fingerprint density at radius 1 is 0.804 bits per heavy atom. The van der Waals surface area contributed by atoms with E-state index in [1.165, 1.54) is 0 Å². The van der Waals surface area contributed by atoms with E-state index >= 15 is 0 Å². The van der Waals surface area contributed by atoms with Crippen molar-refractivity contribution in [1.29, 1.82) is 0 Å². The van der Waals surface area contributed by atoms with Gasteiger partial charge in [-0.25, -0.2) is 0 Å². The minimum absolute atomic E-state index is 0. The summed E-state index contributed by atoms with van der Waals surface area (Å²) < 4.78 is 0. The van der Waals surface area contributed by atoms with Crippen LogP contribution in [0.5, 0.6) is 0 Å². The molecule has 2 rings (SSSR count). The number of ketones is 1. The van der Waals surface area contributed by atoms with Gasteiger partial charge in [0.25, 0.3) is 0 Å². The number of carbonyl (C=O) groups is 5. The Morgan fingerprint density at radius 3 is 1.78 bits per heavy atom. The summed E-state index contributed by atoms with van der Waals surface area (Å²) in [7, 11) is 0. The average molecular weight is 784 g/mol. The fourth-order valence-electron chi connectivity index (χ4n) is 5.19. The number of carbonyl (C=O) groups excluding carboxylic acids is 5. The number of Topliss-reactive ketones (excluding diaryl/α,β-unsaturated/α-hetero) is 1. The topological polar surface area (TPSA) is 180 Å². The van der Waals surface area contributed by atoms with E-state index in [-0.39, 0.29) is 130 Å². The summed E-state index contributed by atoms with van der Waals surface area (Å²) in [5.74, 6) is -1.71. The molecule has 1 aliphatic rings. The van der Waals surface area contributed by atoms with E-state index in [0.29, 0.717) is 12.8 Å². The summed E-state index contributed by atoms with van der Waals surface area (Å²) >= 11 is 0. The van der Waals surface area contributed by atoms with Gasteiger partial charge in [-0.15, -0.1) is 6.42 Å². The number of carboxylic acid groups (broad SMARTS) is 3. The van der Waals surface area contributed by atoms with Crippen molar-refractivity contribution in [2.45, 2.75) is 45.1 Å². The Balaban J connectivity index is 0.0000106. The zero-order valence-corrected chi connectivity index (χ0v) is 28.7. The second kappa shape index (κ2) is 22.9. The normalized spacial score (nSPS) is 16.5. The van der Waals surface area contributed by atoms with Crippen molar-refractivity contribution in [3.63, 3.8) is 0 Å². The van der Waals surface area contributed by atoms with E-state index in [9.17, 15) is 39.3 Å². The molecule has 1 atom stereocenters. The molecule has 0 aromatic heterocycles. The molecule has 46 heavy (non-hydrogen) atoms. The molecule has 1 saturated heterocycles. The molecule has 1 unspecified atom stereocenters. The van der Waals surface area contributed by atoms with Gasteiger partial charge < -0.3 is 35.0 Å². The molecule has 1 N–H and O–H groups in total. The second-order valence-corrected chi connectivity index (χ2v) is 11.3. The fourth-order valence-corrected chi connectivity index (χ4v) is 5.19. The number of hydrogen-bond donors (Lipinski definition) is 1. The van der Waals surface area contributed by atoms with Crippen LogP contribution in [0, 0.1) is 52.3 Å². The van der Waals surface area contributed by atoms with Gasteiger partial charge in [-0.1, -0.05) is 24.5 Å². The van der Waals surface area contributed by atoms with Crippen LogP contribution in [0.2, 0.25) is 0 Å². The van der Waals surface area contributed by atoms with Crippen LogP contribution in [-0.2, 0) is 30.4 Å². The number of aryl methyl sites for hydroxylation is 1. The standard InChI is InChI=1S/C32H47N5O8.Gd/c1-3-26-9-7-10-27(20-26)8-5-4-6-11-28(38)21-33-32(45)25(2)37-18-16-35(23-30(41)42)14-12-34(22-29(39)40)13-15-36(17-19-37)24-31(43)44;/h1,7,9-10,20,25H,4-6,8,11-19,21-24H2,2H3,(H,33,45)(H,39,40)(H,41,42)(H,43,44);/q;+3/p-3. The third kappa shape index (κ3) is 17.4. The van der Waals surface area contributed by atoms with Crippen LogP contribution in [0.4, 0.5) is 0 Å². The van der Waals surface area contributed by atoms with Crippen molar-refractivity contribution < 1.29 is 79.2 Å². The number of benzene rings is 1. The summed E-state index contributed by atoms with van der Waals surface area (Å²) in [6, 6.07) is 7.13. The molecule has 1 amide bonds. The third-order valence-electron chi connectivity index (χ3n) is 7.83. The number of aliphatic carboxylic acids is 3. The molecule has 1 aliphatic heterocycles. The van der Waals surface area contributed by atoms with Crippen LogP contribution < -0.4 is 20.6 Å². The van der Waals surface area contributed by atoms with Crippen molar-refractivity contribution in [1.82, 2.24) is 24.9 Å². The van der Waals surface area contributed by atoms with Gasteiger partial charge in [0.2, 0.25) is 5.91 Å². The molecule has 1 aromatic rings. The number of hydrogen-bond acceptors (Lipinski definition) is 12. The molecule has 0 aliphatic carbocycles. The molecular formula is C32H44GdN5O8. The van der Waals surface area contributed by atoms with Gasteiger partial charge >= 0.3 is 39.9 Å². The van der Waals surface area contributed by atoms with E-state index in [2.05, 4.69) is 11.2 Å². The SMILES string of the molecule is C#Cc1cccc(CCCCCC(=O)CNC(=O)C(C)N2CCN(CC(=O)[O-])CCN(CC(=O)[O-])CCN(CC(=O)[O-])CC2)c1.[Gd+3]. The van der Waals surface area contributed by atoms with Crippen LogP contribution in [0.25, 0.3) is 0 Å². The third-order valence-corrected chi connectivity index (χ3v) is 7.83. The maximum atomic E-state index is 13.0. The van der Waals surface area contributed by atoms with Gasteiger partial charge in [0.1, 0.15) is 0 Å². The van der Waals surface area contributed by atoms with E-state index in [4.69, 9.17) is 6.42 Å². The first-order chi connectivity index (χ1) is 21.5. The number of amides is 1. The smallest absolute Gasteiger partial charge is 0.549 e. The summed E-state index contributed by atoms with van der Waals surface area (Å²) in [5, 5.41) is 36.7. The predicted molar refractivity (Wildman–Crippen MR) is 160 cm³/mol. The Morgan fingerprint density at radius 2 is 1.30 bits per heavy atom. The first-order valence-electron chi connectivity index (χ1n) is 15.3. The van der Waals surface area contributed by atoms with E-state index in [1.807, 2.05) is 24.3 Å². The molecule has 14 heteroatoms. The van der Waals surface area contributed by atoms with Crippen molar-refractivity contribution in [3.05, 3.63) is 35.4 Å². The van der Waals surface area contributed by atoms with Gasteiger partial charge in [0, 0.05) is 84.0 Å². The molecule has 253 valence electrons. The van der Waals surface area contributed by atoms with Gasteiger partial charge in [0.05, 0.1) is 30.5 Å². The fraction of sp³-hybridized carbons (Fsp3) is 0.594. The van der Waals surface area contributed by atoms with Gasteiger partial charge in [-0.3, -0.25) is 29.2 Å². The van der Waals surface area contributed by atoms with Crippen LogP contribution in [-0.4, -0.2) is 134 Å². The van der Waals surface area contributed by atoms with Crippen LogP contribution in [0.1, 0.15) is 43.7 Å². The Labute approximate surface area is 303 Å².